The minimum Gasteiger partial charge on any atom is -0.348 e. The first-order valence-electron chi connectivity index (χ1n) is 9.37. The van der Waals surface area contributed by atoms with Crippen LogP contribution in [0.25, 0.3) is 0 Å². The van der Waals surface area contributed by atoms with E-state index in [1.807, 2.05) is 27.7 Å². The lowest BCUT2D eigenvalue weighted by Crippen LogP contribution is -2.56. The molecule has 0 aromatic heterocycles. The van der Waals surface area contributed by atoms with Gasteiger partial charge in [-0.25, -0.2) is 0 Å². The number of carbonyl (C=O) groups excluding carboxylic acids is 5. The van der Waals surface area contributed by atoms with Crippen molar-refractivity contribution in [2.24, 2.45) is 11.8 Å². The first-order valence-corrected chi connectivity index (χ1v) is 9.37. The number of amides is 4. The molecule has 0 fully saturated rings. The van der Waals surface area contributed by atoms with E-state index in [0.717, 1.165) is 0 Å². The lowest BCUT2D eigenvalue weighted by Gasteiger charge is -2.36. The summed E-state index contributed by atoms with van der Waals surface area (Å²) < 4.78 is 0. The van der Waals surface area contributed by atoms with Gasteiger partial charge in [0.05, 0.1) is 13.1 Å². The number of hydrogen-bond acceptors (Lipinski definition) is 5. The summed E-state index contributed by atoms with van der Waals surface area (Å²) in [5, 5.41) is 2.37. The third-order valence-corrected chi connectivity index (χ3v) is 4.43. The van der Waals surface area contributed by atoms with E-state index in [2.05, 4.69) is 5.32 Å². The molecule has 0 aromatic carbocycles. The van der Waals surface area contributed by atoms with Crippen LogP contribution in [0.3, 0.4) is 0 Å². The molecule has 0 aromatic rings. The Kier molecular flexibility index (Phi) is 11.0. The highest BCUT2D eigenvalue weighted by atomic mass is 16.2. The average molecular weight is 399 g/mol. The fraction of sp³-hybridized carbons (Fsp3) is 0.737. The van der Waals surface area contributed by atoms with E-state index in [-0.39, 0.29) is 36.7 Å². The zero-order valence-corrected chi connectivity index (χ0v) is 18.0. The maximum absolute atomic E-state index is 13.1. The Hall–Kier alpha value is -2.45. The van der Waals surface area contributed by atoms with E-state index in [4.69, 9.17) is 0 Å². The molecule has 1 N–H and O–H groups in total. The molecule has 0 saturated carbocycles. The molecule has 160 valence electrons. The van der Waals surface area contributed by atoms with Crippen LogP contribution in [-0.4, -0.2) is 91.4 Å². The van der Waals surface area contributed by atoms with Gasteiger partial charge < -0.3 is 24.8 Å². The number of carbonyl (C=O) groups is 5. The van der Waals surface area contributed by atoms with E-state index in [9.17, 15) is 24.0 Å². The van der Waals surface area contributed by atoms with Crippen LogP contribution in [0.5, 0.6) is 0 Å². The predicted molar refractivity (Wildman–Crippen MR) is 105 cm³/mol. The van der Waals surface area contributed by atoms with E-state index >= 15 is 0 Å². The Bertz CT molecular complexity index is 565. The van der Waals surface area contributed by atoms with Crippen LogP contribution in [-0.2, 0) is 24.0 Å². The minimum atomic E-state index is -0.786. The van der Waals surface area contributed by atoms with Gasteiger partial charge in [-0.3, -0.25) is 19.2 Å². The minimum absolute atomic E-state index is 0.123. The highest BCUT2D eigenvalue weighted by Gasteiger charge is 2.36. The van der Waals surface area contributed by atoms with E-state index < -0.39 is 18.0 Å². The van der Waals surface area contributed by atoms with Gasteiger partial charge in [-0.2, -0.15) is 0 Å². The van der Waals surface area contributed by atoms with E-state index in [0.29, 0.717) is 19.1 Å². The molecule has 28 heavy (non-hydrogen) atoms. The number of hydrogen-bond donors (Lipinski definition) is 1. The number of rotatable bonds is 12. The molecule has 0 saturated heterocycles. The van der Waals surface area contributed by atoms with E-state index in [1.54, 1.807) is 7.05 Å². The summed E-state index contributed by atoms with van der Waals surface area (Å²) in [5.74, 6) is -1.19. The largest absolute Gasteiger partial charge is 0.348 e. The molecule has 0 heterocycles. The van der Waals surface area contributed by atoms with Crippen molar-refractivity contribution in [2.75, 3.05) is 34.2 Å². The van der Waals surface area contributed by atoms with Crippen molar-refractivity contribution in [2.45, 2.75) is 46.2 Å². The average Bonchev–Trinajstić information content (AvgIpc) is 2.62. The van der Waals surface area contributed by atoms with E-state index in [1.165, 1.54) is 28.8 Å². The van der Waals surface area contributed by atoms with Crippen molar-refractivity contribution in [1.29, 1.82) is 0 Å². The number of nitrogens with one attached hydrogen (secondary N) is 1. The summed E-state index contributed by atoms with van der Waals surface area (Å²) in [6.45, 7) is 7.19. The van der Waals surface area contributed by atoms with Crippen molar-refractivity contribution in [3.63, 3.8) is 0 Å². The quantitative estimate of drug-likeness (QED) is 0.456. The Morgan fingerprint density at radius 1 is 0.964 bits per heavy atom. The zero-order valence-electron chi connectivity index (χ0n) is 18.0. The van der Waals surface area contributed by atoms with Crippen LogP contribution < -0.4 is 5.32 Å². The zero-order chi connectivity index (χ0) is 22.0. The SMILES string of the molecule is CC(C)CC(C(=O)N(C)C(C(=O)N(C)CC(=O)NCC=O)C(C)C)N(C)C=O. The smallest absolute Gasteiger partial charge is 0.245 e. The summed E-state index contributed by atoms with van der Waals surface area (Å²) in [7, 11) is 4.55. The van der Waals surface area contributed by atoms with Crippen LogP contribution >= 0.6 is 0 Å². The fourth-order valence-electron chi connectivity index (χ4n) is 2.96. The standard InChI is InChI=1S/C19H34N4O5/c1-13(2)10-15(22(6)12-25)18(27)23(7)17(14(3)4)19(28)21(5)11-16(26)20-8-9-24/h9,12-15,17H,8,10-11H2,1-7H3,(H,20,26). The number of aldehydes is 1. The van der Waals surface area contributed by atoms with Gasteiger partial charge >= 0.3 is 0 Å². The molecule has 2 unspecified atom stereocenters. The van der Waals surface area contributed by atoms with Crippen molar-refractivity contribution >= 4 is 30.4 Å². The molecule has 0 aliphatic rings. The van der Waals surface area contributed by atoms with Gasteiger partial charge in [-0.1, -0.05) is 27.7 Å². The monoisotopic (exact) mass is 398 g/mol. The number of likely N-dealkylation sites (N-methyl/N-ethyl adjacent to an activating group) is 3. The van der Waals surface area contributed by atoms with Crippen LogP contribution in [0.15, 0.2) is 0 Å². The highest BCUT2D eigenvalue weighted by molar-refractivity contribution is 5.92. The van der Waals surface area contributed by atoms with Crippen LogP contribution in [0.1, 0.15) is 34.1 Å². The van der Waals surface area contributed by atoms with Gasteiger partial charge in [-0.05, 0) is 18.3 Å². The molecular weight excluding hydrogens is 364 g/mol. The van der Waals surface area contributed by atoms with Gasteiger partial charge in [0.2, 0.25) is 24.1 Å². The predicted octanol–water partition coefficient (Wildman–Crippen LogP) is -0.254. The molecule has 0 aliphatic heterocycles. The second-order valence-electron chi connectivity index (χ2n) is 7.72. The summed E-state index contributed by atoms with van der Waals surface area (Å²) in [6, 6.07) is -1.45. The molecule has 0 spiro atoms. The van der Waals surface area contributed by atoms with Gasteiger partial charge in [0.1, 0.15) is 18.4 Å². The fourth-order valence-corrected chi connectivity index (χ4v) is 2.96. The first kappa shape index (κ1) is 25.6. The molecule has 9 nitrogen and oxygen atoms in total. The molecule has 0 bridgehead atoms. The van der Waals surface area contributed by atoms with Crippen molar-refractivity contribution in [3.05, 3.63) is 0 Å². The Labute approximate surface area is 167 Å². The summed E-state index contributed by atoms with van der Waals surface area (Å²) in [6.07, 6.45) is 1.64. The number of nitrogens with zero attached hydrogens (tertiary/aromatic N) is 3. The van der Waals surface area contributed by atoms with Crippen LogP contribution in [0.4, 0.5) is 0 Å². The molecule has 4 amide bonds. The normalized spacial score (nSPS) is 12.9. The van der Waals surface area contributed by atoms with Gasteiger partial charge in [0.15, 0.2) is 0 Å². The van der Waals surface area contributed by atoms with Crippen molar-refractivity contribution < 1.29 is 24.0 Å². The van der Waals surface area contributed by atoms with Gasteiger partial charge in [-0.15, -0.1) is 0 Å². The van der Waals surface area contributed by atoms with Crippen molar-refractivity contribution in [1.82, 2.24) is 20.0 Å². The molecule has 0 radical (unpaired) electrons. The Morgan fingerprint density at radius 3 is 1.96 bits per heavy atom. The molecule has 9 heteroatoms. The topological polar surface area (TPSA) is 107 Å². The lowest BCUT2D eigenvalue weighted by molar-refractivity contribution is -0.150. The molecule has 0 rings (SSSR count). The highest BCUT2D eigenvalue weighted by Crippen LogP contribution is 2.18. The maximum Gasteiger partial charge on any atom is 0.245 e. The summed E-state index contributed by atoms with van der Waals surface area (Å²) in [4.78, 5) is 63.2. The van der Waals surface area contributed by atoms with Crippen LogP contribution in [0, 0.1) is 11.8 Å². The Balaban J connectivity index is 5.43. The first-order chi connectivity index (χ1) is 13.0. The third kappa shape index (κ3) is 7.66. The third-order valence-electron chi connectivity index (χ3n) is 4.43. The lowest BCUT2D eigenvalue weighted by atomic mass is 9.97. The van der Waals surface area contributed by atoms with Gasteiger partial charge in [0.25, 0.3) is 0 Å². The second-order valence-corrected chi connectivity index (χ2v) is 7.72. The summed E-state index contributed by atoms with van der Waals surface area (Å²) in [5.41, 5.74) is 0. The Morgan fingerprint density at radius 2 is 1.54 bits per heavy atom. The molecular formula is C19H34N4O5. The van der Waals surface area contributed by atoms with Gasteiger partial charge in [0, 0.05) is 21.1 Å². The van der Waals surface area contributed by atoms with Crippen LogP contribution in [0.2, 0.25) is 0 Å². The van der Waals surface area contributed by atoms with Crippen molar-refractivity contribution in [3.8, 4) is 0 Å². The second kappa shape index (κ2) is 12.1. The molecule has 0 aliphatic carbocycles. The maximum atomic E-state index is 13.1. The summed E-state index contributed by atoms with van der Waals surface area (Å²) >= 11 is 0. The molecule has 2 atom stereocenters.